The Kier molecular flexibility index (Phi) is 7.86. The van der Waals surface area contributed by atoms with Crippen molar-refractivity contribution in [1.82, 2.24) is 14.8 Å². The van der Waals surface area contributed by atoms with E-state index in [1.54, 1.807) is 11.3 Å². The molecule has 1 aromatic heterocycles. The highest BCUT2D eigenvalue weighted by Gasteiger charge is 2.34. The van der Waals surface area contributed by atoms with Crippen molar-refractivity contribution in [2.24, 2.45) is 5.92 Å². The fraction of sp³-hybridized carbons (Fsp3) is 0.370. The van der Waals surface area contributed by atoms with E-state index in [-0.39, 0.29) is 5.76 Å². The van der Waals surface area contributed by atoms with Gasteiger partial charge in [0.1, 0.15) is 16.5 Å². The summed E-state index contributed by atoms with van der Waals surface area (Å²) in [4.78, 5) is 10.3. The van der Waals surface area contributed by atoms with Crippen LogP contribution in [0.5, 0.6) is 0 Å². The number of benzene rings is 1. The topological polar surface area (TPSA) is 48.8 Å². The summed E-state index contributed by atoms with van der Waals surface area (Å²) >= 11 is 5.09. The second kappa shape index (κ2) is 10.8. The molecule has 1 N–H and O–H groups in total. The van der Waals surface area contributed by atoms with E-state index in [4.69, 9.17) is 0 Å². The number of aromatic nitrogens is 1. The normalized spacial score (nSPS) is 17.9. The maximum absolute atomic E-state index is 11.0. The van der Waals surface area contributed by atoms with Crippen LogP contribution in [0.25, 0.3) is 5.57 Å². The van der Waals surface area contributed by atoms with Crippen LogP contribution < -0.4 is 0 Å². The van der Waals surface area contributed by atoms with E-state index in [9.17, 15) is 5.11 Å². The van der Waals surface area contributed by atoms with Crippen LogP contribution in [0, 0.1) is 12.8 Å². The van der Waals surface area contributed by atoms with Crippen LogP contribution in [-0.2, 0) is 10.6 Å². The van der Waals surface area contributed by atoms with Crippen molar-refractivity contribution in [1.29, 1.82) is 0 Å². The molecular formula is C27H33N3O2S2. The minimum atomic E-state index is 0.230. The quantitative estimate of drug-likeness (QED) is 0.373. The first-order valence-corrected chi connectivity index (χ1v) is 12.9. The molecule has 3 aliphatic rings. The first-order valence-electron chi connectivity index (χ1n) is 11.7. The summed E-state index contributed by atoms with van der Waals surface area (Å²) < 4.78 is 4.24. The Morgan fingerprint density at radius 2 is 1.91 bits per heavy atom. The first-order chi connectivity index (χ1) is 16.4. The average Bonchev–Trinajstić information content (AvgIpc) is 3.54. The number of fused-ring (bicyclic) bond motifs is 1. The molecule has 0 atom stereocenters. The predicted octanol–water partition coefficient (Wildman–Crippen LogP) is 6.13. The highest BCUT2D eigenvalue weighted by atomic mass is 32.1. The van der Waals surface area contributed by atoms with Crippen molar-refractivity contribution in [3.63, 3.8) is 0 Å². The standard InChI is InChI=1S/C25H27N3OS.C2H6OS/c1-16-4-6-19(7-5-16)12-21-13-26-25(30-21)22-15-28-11-10-27(14-20-8-9-20)18(3)23(28)24(29)17(22)2;1-2-3-4/h4-7,13,15,20,29H,2-3,8-12,14H2,1H3;4H,2H2,1H3. The highest BCUT2D eigenvalue weighted by Crippen LogP contribution is 2.41. The van der Waals surface area contributed by atoms with Crippen LogP contribution in [0.1, 0.15) is 40.8 Å². The van der Waals surface area contributed by atoms with Gasteiger partial charge in [-0.2, -0.15) is 0 Å². The van der Waals surface area contributed by atoms with E-state index in [1.807, 2.05) is 13.1 Å². The lowest BCUT2D eigenvalue weighted by Crippen LogP contribution is -2.43. The fourth-order valence-electron chi connectivity index (χ4n) is 4.12. The lowest BCUT2D eigenvalue weighted by molar-refractivity contribution is 0.237. The molecule has 0 unspecified atom stereocenters. The van der Waals surface area contributed by atoms with Gasteiger partial charge in [0.05, 0.1) is 12.3 Å². The van der Waals surface area contributed by atoms with Gasteiger partial charge >= 0.3 is 0 Å². The number of aliphatic hydroxyl groups is 1. The van der Waals surface area contributed by atoms with Crippen LogP contribution in [0.3, 0.4) is 0 Å². The zero-order chi connectivity index (χ0) is 24.2. The smallest absolute Gasteiger partial charge is 0.148 e. The number of aryl methyl sites for hydroxylation is 1. The molecule has 1 saturated carbocycles. The molecule has 2 fully saturated rings. The van der Waals surface area contributed by atoms with Crippen molar-refractivity contribution >= 4 is 29.8 Å². The number of allylic oxidation sites excluding steroid dienone is 1. The zero-order valence-corrected chi connectivity index (χ0v) is 21.7. The Labute approximate surface area is 212 Å². The molecule has 3 heterocycles. The summed E-state index contributed by atoms with van der Waals surface area (Å²) in [6.07, 6.45) is 7.51. The predicted molar refractivity (Wildman–Crippen MR) is 144 cm³/mol. The molecule has 0 radical (unpaired) electrons. The molecule has 34 heavy (non-hydrogen) atoms. The maximum atomic E-state index is 11.0. The third-order valence-electron chi connectivity index (χ3n) is 6.26. The largest absolute Gasteiger partial charge is 0.505 e. The van der Waals surface area contributed by atoms with E-state index in [2.05, 4.69) is 82.4 Å². The second-order valence-electron chi connectivity index (χ2n) is 8.96. The zero-order valence-electron chi connectivity index (χ0n) is 20.0. The molecule has 2 aliphatic heterocycles. The lowest BCUT2D eigenvalue weighted by Gasteiger charge is -2.41. The Hall–Kier alpha value is -2.48. The number of aliphatic hydroxyl groups excluding tert-OH is 1. The number of thiol groups is 1. The van der Waals surface area contributed by atoms with Gasteiger partial charge in [-0.05, 0) is 51.1 Å². The molecule has 180 valence electrons. The summed E-state index contributed by atoms with van der Waals surface area (Å²) in [6, 6.07) is 8.62. The molecule has 5 rings (SSSR count). The van der Waals surface area contributed by atoms with E-state index in [0.717, 1.165) is 53.9 Å². The maximum Gasteiger partial charge on any atom is 0.148 e. The van der Waals surface area contributed by atoms with Crippen molar-refractivity contribution < 1.29 is 9.29 Å². The van der Waals surface area contributed by atoms with Gasteiger partial charge in [0.2, 0.25) is 0 Å². The third kappa shape index (κ3) is 5.59. The summed E-state index contributed by atoms with van der Waals surface area (Å²) in [7, 11) is 0. The SMILES string of the molecule is C=C1C(c2ncc(Cc3ccc(C)cc3)s2)=CN2CCN(CC3CC3)C(=C)C2=C1O.CCOS. The molecular weight excluding hydrogens is 462 g/mol. The van der Waals surface area contributed by atoms with Crippen molar-refractivity contribution in [3.8, 4) is 0 Å². The average molecular weight is 496 g/mol. The number of thiazole rings is 1. The second-order valence-corrected chi connectivity index (χ2v) is 10.3. The Balaban J connectivity index is 0.000000636. The highest BCUT2D eigenvalue weighted by molar-refractivity contribution is 7.75. The molecule has 1 saturated heterocycles. The molecule has 5 nitrogen and oxygen atoms in total. The third-order valence-corrected chi connectivity index (χ3v) is 7.55. The number of rotatable bonds is 6. The van der Waals surface area contributed by atoms with Gasteiger partial charge in [-0.3, -0.25) is 0 Å². The van der Waals surface area contributed by atoms with Gasteiger partial charge in [0.15, 0.2) is 0 Å². The summed E-state index contributed by atoms with van der Waals surface area (Å²) in [5.41, 5.74) is 5.78. The van der Waals surface area contributed by atoms with Gasteiger partial charge in [-0.1, -0.05) is 43.0 Å². The van der Waals surface area contributed by atoms with Gasteiger partial charge in [-0.15, -0.1) is 11.3 Å². The Bertz CT molecular complexity index is 1110. The van der Waals surface area contributed by atoms with Crippen LogP contribution in [0.4, 0.5) is 0 Å². The molecule has 2 aromatic rings. The van der Waals surface area contributed by atoms with Gasteiger partial charge in [0, 0.05) is 54.5 Å². The summed E-state index contributed by atoms with van der Waals surface area (Å²) in [5, 5.41) is 11.9. The molecule has 0 amide bonds. The van der Waals surface area contributed by atoms with Crippen LogP contribution in [0.2, 0.25) is 0 Å². The van der Waals surface area contributed by atoms with Gasteiger partial charge in [-0.25, -0.2) is 4.98 Å². The van der Waals surface area contributed by atoms with Crippen LogP contribution in [-0.4, -0.2) is 46.1 Å². The van der Waals surface area contributed by atoms with E-state index in [1.165, 1.54) is 28.8 Å². The summed E-state index contributed by atoms with van der Waals surface area (Å²) in [5.74, 6) is 1.02. The lowest BCUT2D eigenvalue weighted by atomic mass is 9.99. The summed E-state index contributed by atoms with van der Waals surface area (Å²) in [6.45, 7) is 15.9. The monoisotopic (exact) mass is 495 g/mol. The van der Waals surface area contributed by atoms with E-state index in [0.29, 0.717) is 12.2 Å². The van der Waals surface area contributed by atoms with Gasteiger partial charge < -0.3 is 19.1 Å². The minimum absolute atomic E-state index is 0.230. The van der Waals surface area contributed by atoms with Crippen molar-refractivity contribution in [2.45, 2.75) is 33.1 Å². The molecule has 1 aliphatic carbocycles. The van der Waals surface area contributed by atoms with E-state index >= 15 is 0 Å². The molecule has 0 bridgehead atoms. The minimum Gasteiger partial charge on any atom is -0.505 e. The van der Waals surface area contributed by atoms with Crippen molar-refractivity contribution in [3.05, 3.63) is 93.6 Å². The molecule has 1 aromatic carbocycles. The fourth-order valence-corrected chi connectivity index (χ4v) is 5.10. The molecule has 7 heteroatoms. The number of hydrogen-bond donors (Lipinski definition) is 2. The molecule has 0 spiro atoms. The number of nitrogens with zero attached hydrogens (tertiary/aromatic N) is 3. The number of hydrogen-bond acceptors (Lipinski definition) is 7. The van der Waals surface area contributed by atoms with Crippen LogP contribution in [0.15, 0.2) is 72.5 Å². The first kappa shape index (κ1) is 24.6. The van der Waals surface area contributed by atoms with Gasteiger partial charge in [0.25, 0.3) is 0 Å². The van der Waals surface area contributed by atoms with Crippen molar-refractivity contribution in [2.75, 3.05) is 26.2 Å². The van der Waals surface area contributed by atoms with E-state index < -0.39 is 0 Å². The Morgan fingerprint density at radius 1 is 1.21 bits per heavy atom. The number of piperazine rings is 1. The Morgan fingerprint density at radius 3 is 2.56 bits per heavy atom. The van der Waals surface area contributed by atoms with Crippen LogP contribution >= 0.6 is 24.2 Å².